The summed E-state index contributed by atoms with van der Waals surface area (Å²) in [5.41, 5.74) is 2.57. The van der Waals surface area contributed by atoms with Gasteiger partial charge in [0.25, 0.3) is 0 Å². The molecule has 1 atom stereocenters. The predicted octanol–water partition coefficient (Wildman–Crippen LogP) is 3.29. The van der Waals surface area contributed by atoms with Crippen LogP contribution in [0.15, 0.2) is 48.5 Å². The number of Topliss-reactive ketones (excluding diaryl/α,β-unsaturated/α-hetero) is 1. The fourth-order valence-electron chi connectivity index (χ4n) is 2.24. The monoisotopic (exact) mass is 339 g/mol. The molecule has 130 valence electrons. The molecule has 6 heteroatoms. The zero-order chi connectivity index (χ0) is 18.4. The quantitative estimate of drug-likeness (QED) is 0.705. The summed E-state index contributed by atoms with van der Waals surface area (Å²) in [7, 11) is 0. The maximum absolute atomic E-state index is 12.3. The number of hydrogen-bond acceptors (Lipinski definition) is 4. The average molecular weight is 339 g/mol. The van der Waals surface area contributed by atoms with Crippen molar-refractivity contribution in [2.75, 3.05) is 16.0 Å². The average Bonchev–Trinajstić information content (AvgIpc) is 2.56. The van der Waals surface area contributed by atoms with E-state index in [-0.39, 0.29) is 17.6 Å². The topological polar surface area (TPSA) is 87.3 Å². The summed E-state index contributed by atoms with van der Waals surface area (Å²) in [5, 5.41) is 8.55. The van der Waals surface area contributed by atoms with Crippen LogP contribution < -0.4 is 16.0 Å². The second-order valence-corrected chi connectivity index (χ2v) is 5.75. The molecular weight excluding hydrogens is 318 g/mol. The van der Waals surface area contributed by atoms with Gasteiger partial charge in [-0.15, -0.1) is 0 Å². The van der Waals surface area contributed by atoms with Crippen molar-refractivity contribution >= 4 is 34.7 Å². The van der Waals surface area contributed by atoms with E-state index in [1.807, 2.05) is 0 Å². The third-order valence-corrected chi connectivity index (χ3v) is 3.52. The van der Waals surface area contributed by atoms with E-state index < -0.39 is 6.04 Å². The van der Waals surface area contributed by atoms with Crippen LogP contribution in [-0.2, 0) is 9.59 Å². The molecule has 25 heavy (non-hydrogen) atoms. The highest BCUT2D eigenvalue weighted by atomic mass is 16.2. The number of nitrogens with one attached hydrogen (secondary N) is 3. The van der Waals surface area contributed by atoms with Gasteiger partial charge in [0.15, 0.2) is 5.78 Å². The highest BCUT2D eigenvalue weighted by molar-refractivity contribution is 5.99. The zero-order valence-electron chi connectivity index (χ0n) is 14.4. The number of anilines is 3. The van der Waals surface area contributed by atoms with Gasteiger partial charge in [-0.3, -0.25) is 14.4 Å². The van der Waals surface area contributed by atoms with E-state index in [2.05, 4.69) is 16.0 Å². The predicted molar refractivity (Wildman–Crippen MR) is 98.9 cm³/mol. The number of amides is 2. The van der Waals surface area contributed by atoms with Crippen molar-refractivity contribution in [3.8, 4) is 0 Å². The normalized spacial score (nSPS) is 11.3. The van der Waals surface area contributed by atoms with Crippen molar-refractivity contribution in [1.29, 1.82) is 0 Å². The summed E-state index contributed by atoms with van der Waals surface area (Å²) in [5.74, 6) is -0.408. The summed E-state index contributed by atoms with van der Waals surface area (Å²) < 4.78 is 0. The second-order valence-electron chi connectivity index (χ2n) is 5.75. The summed E-state index contributed by atoms with van der Waals surface area (Å²) in [6.07, 6.45) is 0. The molecule has 2 aromatic carbocycles. The summed E-state index contributed by atoms with van der Waals surface area (Å²) in [6, 6.07) is 13.4. The Balaban J connectivity index is 1.97. The van der Waals surface area contributed by atoms with Crippen molar-refractivity contribution < 1.29 is 14.4 Å². The Kier molecular flexibility index (Phi) is 5.89. The van der Waals surface area contributed by atoms with E-state index >= 15 is 0 Å². The largest absolute Gasteiger partial charge is 0.374 e. The fraction of sp³-hybridized carbons (Fsp3) is 0.211. The minimum atomic E-state index is -0.479. The Bertz CT molecular complexity index is 785. The zero-order valence-corrected chi connectivity index (χ0v) is 14.4. The molecular formula is C19H21N3O3. The van der Waals surface area contributed by atoms with Crippen LogP contribution >= 0.6 is 0 Å². The molecule has 0 saturated carbocycles. The van der Waals surface area contributed by atoms with Crippen LogP contribution in [0, 0.1) is 0 Å². The number of rotatable bonds is 6. The van der Waals surface area contributed by atoms with Crippen LogP contribution in [0.4, 0.5) is 17.1 Å². The van der Waals surface area contributed by atoms with Crippen LogP contribution in [0.25, 0.3) is 0 Å². The van der Waals surface area contributed by atoms with Crippen LogP contribution in [0.2, 0.25) is 0 Å². The number of benzene rings is 2. The van der Waals surface area contributed by atoms with E-state index in [9.17, 15) is 14.4 Å². The van der Waals surface area contributed by atoms with Gasteiger partial charge in [-0.25, -0.2) is 0 Å². The molecule has 2 amide bonds. The van der Waals surface area contributed by atoms with Gasteiger partial charge in [-0.2, -0.15) is 0 Å². The van der Waals surface area contributed by atoms with Crippen LogP contribution in [0.3, 0.4) is 0 Å². The van der Waals surface area contributed by atoms with Crippen molar-refractivity contribution in [1.82, 2.24) is 0 Å². The maximum atomic E-state index is 12.3. The minimum Gasteiger partial charge on any atom is -0.374 e. The molecule has 0 bridgehead atoms. The van der Waals surface area contributed by atoms with E-state index in [1.54, 1.807) is 55.5 Å². The summed E-state index contributed by atoms with van der Waals surface area (Å²) in [6.45, 7) is 4.67. The van der Waals surface area contributed by atoms with Gasteiger partial charge in [0.1, 0.15) is 6.04 Å². The Morgan fingerprint density at radius 1 is 0.840 bits per heavy atom. The highest BCUT2D eigenvalue weighted by Crippen LogP contribution is 2.16. The fourth-order valence-corrected chi connectivity index (χ4v) is 2.24. The van der Waals surface area contributed by atoms with Crippen molar-refractivity contribution in [3.63, 3.8) is 0 Å². The molecule has 2 aromatic rings. The minimum absolute atomic E-state index is 0.0541. The lowest BCUT2D eigenvalue weighted by Crippen LogP contribution is -2.31. The van der Waals surface area contributed by atoms with Crippen molar-refractivity contribution in [2.45, 2.75) is 26.8 Å². The summed E-state index contributed by atoms with van der Waals surface area (Å²) >= 11 is 0. The smallest absolute Gasteiger partial charge is 0.246 e. The first kappa shape index (κ1) is 18.2. The summed E-state index contributed by atoms with van der Waals surface area (Å²) in [4.78, 5) is 34.7. The number of carbonyl (C=O) groups excluding carboxylic acids is 3. The van der Waals surface area contributed by atoms with E-state index in [4.69, 9.17) is 0 Å². The number of carbonyl (C=O) groups is 3. The first-order valence-corrected chi connectivity index (χ1v) is 7.91. The highest BCUT2D eigenvalue weighted by Gasteiger charge is 2.13. The molecule has 0 fully saturated rings. The van der Waals surface area contributed by atoms with Gasteiger partial charge in [0.05, 0.1) is 0 Å². The lowest BCUT2D eigenvalue weighted by Gasteiger charge is -2.16. The molecule has 0 aliphatic heterocycles. The van der Waals surface area contributed by atoms with Crippen LogP contribution in [0.1, 0.15) is 31.1 Å². The van der Waals surface area contributed by atoms with Crippen molar-refractivity contribution in [3.05, 3.63) is 54.1 Å². The molecule has 0 saturated heterocycles. The number of hydrogen-bond donors (Lipinski definition) is 3. The second kappa shape index (κ2) is 8.10. The third kappa shape index (κ3) is 5.46. The molecule has 3 N–H and O–H groups in total. The van der Waals surface area contributed by atoms with Gasteiger partial charge in [-0.1, -0.05) is 12.1 Å². The lowest BCUT2D eigenvalue weighted by molar-refractivity contribution is -0.116. The molecule has 0 aliphatic carbocycles. The molecule has 0 radical (unpaired) electrons. The van der Waals surface area contributed by atoms with Gasteiger partial charge in [-0.05, 0) is 50.2 Å². The van der Waals surface area contributed by atoms with Gasteiger partial charge >= 0.3 is 0 Å². The SMILES string of the molecule is CC(=O)Nc1ccc(NC(C)C(=O)Nc2cccc(C(C)=O)c2)cc1. The standard InChI is InChI=1S/C19H21N3O3/c1-12(20-16-7-9-17(10-8-16)21-14(3)24)19(25)22-18-6-4-5-15(11-18)13(2)23/h4-12,20H,1-3H3,(H,21,24)(H,22,25). The van der Waals surface area contributed by atoms with Gasteiger partial charge in [0, 0.05) is 29.5 Å². The van der Waals surface area contributed by atoms with E-state index in [0.717, 1.165) is 5.69 Å². The molecule has 0 aliphatic rings. The van der Waals surface area contributed by atoms with Crippen LogP contribution in [0.5, 0.6) is 0 Å². The Hall–Kier alpha value is -3.15. The van der Waals surface area contributed by atoms with E-state index in [1.165, 1.54) is 13.8 Å². The molecule has 0 spiro atoms. The lowest BCUT2D eigenvalue weighted by atomic mass is 10.1. The third-order valence-electron chi connectivity index (χ3n) is 3.52. The first-order valence-electron chi connectivity index (χ1n) is 7.91. The van der Waals surface area contributed by atoms with Crippen molar-refractivity contribution in [2.24, 2.45) is 0 Å². The Morgan fingerprint density at radius 2 is 1.48 bits per heavy atom. The first-order chi connectivity index (χ1) is 11.8. The number of ketones is 1. The van der Waals surface area contributed by atoms with Crippen LogP contribution in [-0.4, -0.2) is 23.6 Å². The molecule has 0 aromatic heterocycles. The van der Waals surface area contributed by atoms with Gasteiger partial charge in [0.2, 0.25) is 11.8 Å². The maximum Gasteiger partial charge on any atom is 0.246 e. The van der Waals surface area contributed by atoms with E-state index in [0.29, 0.717) is 16.9 Å². The molecule has 6 nitrogen and oxygen atoms in total. The van der Waals surface area contributed by atoms with Gasteiger partial charge < -0.3 is 16.0 Å². The molecule has 0 heterocycles. The Labute approximate surface area is 146 Å². The molecule has 2 rings (SSSR count). The Morgan fingerprint density at radius 3 is 2.08 bits per heavy atom. The molecule has 1 unspecified atom stereocenters.